The maximum atomic E-state index is 15.0. The maximum Gasteiger partial charge on any atom is 0.336 e. The molecule has 0 aliphatic carbocycles. The third kappa shape index (κ3) is 9.70. The Morgan fingerprint density at radius 2 is 1.67 bits per heavy atom. The average Bonchev–Trinajstić information content (AvgIpc) is 3.91. The lowest BCUT2D eigenvalue weighted by Gasteiger charge is -2.37. The van der Waals surface area contributed by atoms with Gasteiger partial charge in [-0.3, -0.25) is 5.01 Å². The number of rotatable bonds is 15. The minimum atomic E-state index is -1.02. The first-order valence-corrected chi connectivity index (χ1v) is 19.4. The van der Waals surface area contributed by atoms with Crippen molar-refractivity contribution in [3.63, 3.8) is 0 Å². The molecule has 0 radical (unpaired) electrons. The van der Waals surface area contributed by atoms with Crippen LogP contribution in [0.3, 0.4) is 0 Å². The first-order valence-electron chi connectivity index (χ1n) is 19.4. The van der Waals surface area contributed by atoms with Crippen LogP contribution in [0.25, 0.3) is 0 Å². The molecule has 300 valence electrons. The number of halogens is 2. The minimum Gasteiger partial charge on any atom is -0.493 e. The van der Waals surface area contributed by atoms with Crippen LogP contribution in [0, 0.1) is 17.6 Å². The van der Waals surface area contributed by atoms with Gasteiger partial charge in [-0.1, -0.05) is 43.3 Å². The number of carbonyl (C=O) groups is 1. The molecule has 2 aliphatic heterocycles. The number of aromatic nitrogens is 3. The van der Waals surface area contributed by atoms with Gasteiger partial charge >= 0.3 is 6.03 Å². The molecule has 4 aromatic carbocycles. The Morgan fingerprint density at radius 1 is 0.982 bits per heavy atom. The number of hydrogen-bond donors (Lipinski definition) is 2. The second-order valence-corrected chi connectivity index (χ2v) is 14.7. The van der Waals surface area contributed by atoms with Crippen LogP contribution < -0.4 is 25.7 Å². The number of piperazine rings is 1. The van der Waals surface area contributed by atoms with Gasteiger partial charge in [0.25, 0.3) is 0 Å². The molecule has 0 bridgehead atoms. The number of carbonyl (C=O) groups excluding carboxylic acids is 1. The first-order chi connectivity index (χ1) is 27.7. The van der Waals surface area contributed by atoms with Gasteiger partial charge in [0.2, 0.25) is 0 Å². The quantitative estimate of drug-likeness (QED) is 0.0658. The molecule has 4 atom stereocenters. The van der Waals surface area contributed by atoms with Gasteiger partial charge in [-0.05, 0) is 79.9 Å². The van der Waals surface area contributed by atoms with Crippen LogP contribution in [-0.4, -0.2) is 77.3 Å². The van der Waals surface area contributed by atoms with Crippen LogP contribution in [0.5, 0.6) is 5.75 Å². The SMILES string of the molecule is CC[C@@H]([C@H](C)OCc1ccccc1)N(N)C(=O)Nc1ccc(N2CCN(c3ccc(OC[C@@H]4CO[C@@](Cn5cncn5)(c5ccc(F)cc5F)C4)cc3)CC2)cc1. The molecule has 0 saturated carbocycles. The Morgan fingerprint density at radius 3 is 2.30 bits per heavy atom. The van der Waals surface area contributed by atoms with Crippen molar-refractivity contribution in [1.29, 1.82) is 0 Å². The average molecular weight is 781 g/mol. The summed E-state index contributed by atoms with van der Waals surface area (Å²) >= 11 is 0. The van der Waals surface area contributed by atoms with Gasteiger partial charge in [-0.15, -0.1) is 0 Å². The summed E-state index contributed by atoms with van der Waals surface area (Å²) in [6, 6.07) is 28.7. The molecule has 1 aromatic heterocycles. The number of amides is 2. The standard InChI is InChI=1S/C43H50F2N8O4/c1-3-41(31(2)55-25-32-7-5-4-6-8-32)53(46)42(54)49-35-10-12-36(13-11-35)50-19-21-51(22-20-50)37-14-16-38(17-15-37)56-26-33-24-43(57-27-33,28-52-30-47-29-48-52)39-18-9-34(44)23-40(39)45/h4-18,23,29-31,33,41H,3,19-22,24-28,46H2,1-2H3,(H,49,54)/t31-,33+,41-,43-/m0/s1. The monoisotopic (exact) mass is 780 g/mol. The van der Waals surface area contributed by atoms with Crippen molar-refractivity contribution in [2.75, 3.05) is 54.5 Å². The molecular weight excluding hydrogens is 731 g/mol. The van der Waals surface area contributed by atoms with Crippen molar-refractivity contribution < 1.29 is 27.8 Å². The minimum absolute atomic E-state index is 0.0147. The second-order valence-electron chi connectivity index (χ2n) is 14.7. The summed E-state index contributed by atoms with van der Waals surface area (Å²) in [7, 11) is 0. The number of nitrogens with two attached hydrogens (primary N) is 1. The number of hydrogen-bond acceptors (Lipinski definition) is 9. The smallest absolute Gasteiger partial charge is 0.336 e. The molecule has 5 aromatic rings. The van der Waals surface area contributed by atoms with E-state index in [4.69, 9.17) is 20.1 Å². The van der Waals surface area contributed by atoms with Crippen molar-refractivity contribution in [2.24, 2.45) is 11.8 Å². The summed E-state index contributed by atoms with van der Waals surface area (Å²) in [4.78, 5) is 21.8. The van der Waals surface area contributed by atoms with Gasteiger partial charge in [-0.25, -0.2) is 29.1 Å². The number of ether oxygens (including phenoxy) is 3. The lowest BCUT2D eigenvalue weighted by molar-refractivity contribution is -0.0206. The normalized spacial score (nSPS) is 19.3. The number of urea groups is 1. The van der Waals surface area contributed by atoms with E-state index in [2.05, 4.69) is 37.3 Å². The molecule has 3 heterocycles. The van der Waals surface area contributed by atoms with Gasteiger partial charge in [0.05, 0.1) is 38.5 Å². The van der Waals surface area contributed by atoms with Crippen LogP contribution in [0.4, 0.5) is 30.6 Å². The number of nitrogens with zero attached hydrogens (tertiary/aromatic N) is 6. The van der Waals surface area contributed by atoms with Gasteiger partial charge in [0.15, 0.2) is 0 Å². The molecule has 7 rings (SSSR count). The van der Waals surface area contributed by atoms with Crippen molar-refractivity contribution in [3.05, 3.63) is 132 Å². The third-order valence-electron chi connectivity index (χ3n) is 10.9. The highest BCUT2D eigenvalue weighted by molar-refractivity contribution is 5.89. The Bertz CT molecular complexity index is 2030. The van der Waals surface area contributed by atoms with Crippen LogP contribution in [0.15, 0.2) is 110 Å². The van der Waals surface area contributed by atoms with Crippen LogP contribution in [0.2, 0.25) is 0 Å². The van der Waals surface area contributed by atoms with Gasteiger partial charge in [0.1, 0.15) is 35.6 Å². The van der Waals surface area contributed by atoms with Crippen LogP contribution in [0.1, 0.15) is 37.8 Å². The summed E-state index contributed by atoms with van der Waals surface area (Å²) in [5.74, 6) is 5.73. The topological polar surface area (TPSA) is 123 Å². The zero-order chi connectivity index (χ0) is 39.8. The van der Waals surface area contributed by atoms with E-state index in [0.29, 0.717) is 43.9 Å². The summed E-state index contributed by atoms with van der Waals surface area (Å²) in [5.41, 5.74) is 3.20. The van der Waals surface area contributed by atoms with E-state index in [9.17, 15) is 9.18 Å². The molecule has 2 aliphatic rings. The lowest BCUT2D eigenvalue weighted by Crippen LogP contribution is -2.52. The molecular formula is C43H50F2N8O4. The number of nitrogens with one attached hydrogen (secondary N) is 1. The summed E-state index contributed by atoms with van der Waals surface area (Å²) < 4.78 is 48.9. The predicted octanol–water partition coefficient (Wildman–Crippen LogP) is 6.99. The van der Waals surface area contributed by atoms with Crippen molar-refractivity contribution in [1.82, 2.24) is 19.8 Å². The van der Waals surface area contributed by atoms with Crippen molar-refractivity contribution >= 4 is 23.1 Å². The van der Waals surface area contributed by atoms with E-state index in [0.717, 1.165) is 54.9 Å². The fourth-order valence-electron chi connectivity index (χ4n) is 7.74. The molecule has 2 saturated heterocycles. The summed E-state index contributed by atoms with van der Waals surface area (Å²) in [6.45, 7) is 8.74. The summed E-state index contributed by atoms with van der Waals surface area (Å²) in [6.07, 6.45) is 3.85. The van der Waals surface area contributed by atoms with E-state index >= 15 is 4.39 Å². The van der Waals surface area contributed by atoms with Gasteiger partial charge in [0, 0.05) is 60.8 Å². The van der Waals surface area contributed by atoms with Crippen molar-refractivity contribution in [3.8, 4) is 5.75 Å². The molecule has 0 spiro atoms. The molecule has 0 unspecified atom stereocenters. The highest BCUT2D eigenvalue weighted by Gasteiger charge is 2.44. The number of hydrazine groups is 1. The highest BCUT2D eigenvalue weighted by atomic mass is 19.1. The molecule has 57 heavy (non-hydrogen) atoms. The van der Waals surface area contributed by atoms with Gasteiger partial charge < -0.3 is 29.3 Å². The summed E-state index contributed by atoms with van der Waals surface area (Å²) in [5, 5.41) is 8.35. The Hall–Kier alpha value is -5.57. The largest absolute Gasteiger partial charge is 0.493 e. The Labute approximate surface area is 332 Å². The van der Waals surface area contributed by atoms with Crippen LogP contribution >= 0.6 is 0 Å². The van der Waals surface area contributed by atoms with E-state index in [1.165, 1.54) is 23.5 Å². The molecule has 2 amide bonds. The highest BCUT2D eigenvalue weighted by Crippen LogP contribution is 2.42. The van der Waals surface area contributed by atoms with Crippen LogP contribution in [-0.2, 0) is 28.2 Å². The first kappa shape index (κ1) is 39.7. The number of benzene rings is 4. The Kier molecular flexibility index (Phi) is 12.6. The fraction of sp³-hybridized carbons (Fsp3) is 0.372. The van der Waals surface area contributed by atoms with Crippen molar-refractivity contribution in [2.45, 2.75) is 57.6 Å². The third-order valence-corrected chi connectivity index (χ3v) is 10.9. The molecule has 3 N–H and O–H groups in total. The Balaban J connectivity index is 0.864. The zero-order valence-corrected chi connectivity index (χ0v) is 32.3. The number of anilines is 3. The van der Waals surface area contributed by atoms with E-state index < -0.39 is 17.2 Å². The zero-order valence-electron chi connectivity index (χ0n) is 32.3. The van der Waals surface area contributed by atoms with E-state index in [1.807, 2.05) is 80.6 Å². The fourth-order valence-corrected chi connectivity index (χ4v) is 7.74. The molecule has 14 heteroatoms. The van der Waals surface area contributed by atoms with E-state index in [1.54, 1.807) is 11.0 Å². The predicted molar refractivity (Wildman–Crippen MR) is 215 cm³/mol. The van der Waals surface area contributed by atoms with E-state index in [-0.39, 0.29) is 30.6 Å². The lowest BCUT2D eigenvalue weighted by atomic mass is 9.87. The molecule has 12 nitrogen and oxygen atoms in total. The second kappa shape index (κ2) is 18.1. The van der Waals surface area contributed by atoms with Gasteiger partial charge in [-0.2, -0.15) is 5.10 Å². The maximum absolute atomic E-state index is 15.0. The molecule has 2 fully saturated rings.